The molecule has 3 aromatic heterocycles. The second-order valence-electron chi connectivity index (χ2n) is 35.8. The SMILES string of the molecule is C[C@]12CC=C3C=C4CCC(=O)C[C@]45CCC3(O5)[C@@H]1CC[C@@H]2c1ccc2ccncc2c1.C[C@]12CC=C3C=C4CC[C@@H](NCCS(N)(=O)=O)C[C@]45CCC3(O5)[C@@H]1CC[C@@H]2c1ccc2ccncc2c1.C[C@]12CC=C3C=C4CC[C@H](NCCS(N)(=O)=O)C[C@]45CCC3(O5)[C@@H]1CC[C@@H]2c1ccc2ccncc2c1. The molecule has 6 aromatic rings. The maximum Gasteiger partial charge on any atom is 0.210 e. The first-order chi connectivity index (χ1) is 50.4. The Labute approximate surface area is 619 Å². The lowest BCUT2D eigenvalue weighted by Crippen LogP contribution is -2.55. The van der Waals surface area contributed by atoms with E-state index < -0.39 is 20.0 Å². The van der Waals surface area contributed by atoms with E-state index in [2.05, 4.69) is 156 Å². The molecule has 21 rings (SSSR count). The molecule has 15 nitrogen and oxygen atoms in total. The van der Waals surface area contributed by atoms with Crippen molar-refractivity contribution < 1.29 is 35.8 Å². The smallest absolute Gasteiger partial charge is 0.210 e. The number of nitrogens with two attached hydrogens (primary N) is 2. The number of pyridine rings is 3. The van der Waals surface area contributed by atoms with Crippen molar-refractivity contribution in [1.29, 1.82) is 0 Å². The minimum Gasteiger partial charge on any atom is -0.359 e. The van der Waals surface area contributed by atoms with Crippen LogP contribution in [-0.4, -0.2) is 108 Å². The average Bonchev–Trinajstić information content (AvgIpc) is 1.56. The van der Waals surface area contributed by atoms with E-state index in [9.17, 15) is 21.6 Å². The van der Waals surface area contributed by atoms with Gasteiger partial charge in [-0.3, -0.25) is 19.7 Å². The van der Waals surface area contributed by atoms with E-state index in [-0.39, 0.29) is 73.4 Å². The molecule has 3 unspecified atom stereocenters. The molecule has 6 aliphatic heterocycles. The lowest BCUT2D eigenvalue weighted by Gasteiger charge is -2.54. The van der Waals surface area contributed by atoms with Gasteiger partial charge in [0.1, 0.15) is 5.78 Å². The Kier molecular flexibility index (Phi) is 16.3. The van der Waals surface area contributed by atoms with Crippen LogP contribution in [0.3, 0.4) is 0 Å². The number of primary sulfonamides is 2. The van der Waals surface area contributed by atoms with Crippen molar-refractivity contribution in [3.8, 4) is 0 Å². The van der Waals surface area contributed by atoms with Crippen molar-refractivity contribution in [2.45, 2.75) is 238 Å². The molecular weight excluding hydrogens is 1350 g/mol. The maximum atomic E-state index is 12.4. The molecule has 6 saturated carbocycles. The lowest BCUT2D eigenvalue weighted by atomic mass is 9.58. The zero-order chi connectivity index (χ0) is 71.8. The van der Waals surface area contributed by atoms with Gasteiger partial charge >= 0.3 is 0 Å². The summed E-state index contributed by atoms with van der Waals surface area (Å²) in [5, 5.41) is 24.8. The predicted octanol–water partition coefficient (Wildman–Crippen LogP) is 15.5. The van der Waals surface area contributed by atoms with E-state index in [1.54, 1.807) is 0 Å². The largest absolute Gasteiger partial charge is 0.359 e. The molecule has 9 heterocycles. The monoisotopic (exact) mass is 1450 g/mol. The summed E-state index contributed by atoms with van der Waals surface area (Å²) in [5.41, 5.74) is 12.2. The molecule has 9 aliphatic carbocycles. The highest BCUT2D eigenvalue weighted by Crippen LogP contribution is 2.73. The minimum absolute atomic E-state index is 0.0243. The second kappa shape index (κ2) is 24.8. The number of hydrogen-bond acceptors (Lipinski definition) is 13. The molecule has 6 bridgehead atoms. The number of carbonyl (C=O) groups excluding carboxylic acids is 1. The molecule has 6 N–H and O–H groups in total. The Morgan fingerprint density at radius 3 is 1.18 bits per heavy atom. The first kappa shape index (κ1) is 69.1. The fourth-order valence-electron chi connectivity index (χ4n) is 25.8. The highest BCUT2D eigenvalue weighted by atomic mass is 32.2. The first-order valence-electron chi connectivity index (χ1n) is 39.8. The van der Waals surface area contributed by atoms with Crippen molar-refractivity contribution in [2.24, 2.45) is 44.3 Å². The topological polar surface area (TPSA) is 228 Å². The third-order valence-electron chi connectivity index (χ3n) is 30.7. The van der Waals surface area contributed by atoms with E-state index in [0.717, 1.165) is 103 Å². The van der Waals surface area contributed by atoms with Crippen LogP contribution >= 0.6 is 0 Å². The van der Waals surface area contributed by atoms with Crippen molar-refractivity contribution in [3.63, 3.8) is 0 Å². The van der Waals surface area contributed by atoms with Gasteiger partial charge in [0, 0.05) is 91.4 Å². The molecular formula is C88H103N7O8S2. The molecule has 15 aliphatic rings. The van der Waals surface area contributed by atoms with Gasteiger partial charge in [-0.05, 0) is 296 Å². The lowest BCUT2D eigenvalue weighted by molar-refractivity contribution is -0.146. The zero-order valence-corrected chi connectivity index (χ0v) is 63.0. The van der Waals surface area contributed by atoms with Crippen molar-refractivity contribution in [1.82, 2.24) is 25.6 Å². The van der Waals surface area contributed by atoms with Gasteiger partial charge in [0.15, 0.2) is 0 Å². The van der Waals surface area contributed by atoms with Gasteiger partial charge in [-0.2, -0.15) is 0 Å². The Balaban J connectivity index is 0.000000109. The third kappa shape index (κ3) is 11.1. The molecule has 6 spiro atoms. The Morgan fingerprint density at radius 1 is 0.438 bits per heavy atom. The Bertz CT molecular complexity index is 4830. The van der Waals surface area contributed by atoms with Crippen molar-refractivity contribution >= 4 is 58.1 Å². The average molecular weight is 1450 g/mol. The number of allylic oxidation sites excluding steroid dienone is 3. The molecule has 17 atom stereocenters. The quantitative estimate of drug-likeness (QED) is 0.0948. The van der Waals surface area contributed by atoms with Gasteiger partial charge in [-0.15, -0.1) is 0 Å². The van der Waals surface area contributed by atoms with Gasteiger partial charge in [-0.25, -0.2) is 27.1 Å². The third-order valence-corrected chi connectivity index (χ3v) is 32.2. The molecule has 105 heavy (non-hydrogen) atoms. The first-order valence-corrected chi connectivity index (χ1v) is 43.2. The number of rotatable bonds is 11. The van der Waals surface area contributed by atoms with E-state index in [1.165, 1.54) is 121 Å². The summed E-state index contributed by atoms with van der Waals surface area (Å²) in [4.78, 5) is 25.4. The summed E-state index contributed by atoms with van der Waals surface area (Å²) in [6, 6.07) is 27.7. The fourth-order valence-corrected chi connectivity index (χ4v) is 26.6. The van der Waals surface area contributed by atoms with Gasteiger partial charge < -0.3 is 24.8 Å². The number of ether oxygens (including phenoxy) is 3. The summed E-state index contributed by atoms with van der Waals surface area (Å²) in [6.45, 7) is 8.33. The van der Waals surface area contributed by atoms with Crippen LogP contribution in [0.5, 0.6) is 0 Å². The molecule has 0 radical (unpaired) electrons. The number of fused-ring (bicyclic) bond motifs is 6. The molecule has 0 amide bonds. The number of Topliss-reactive ketones (excluding diaryl/α,β-unsaturated/α-hetero) is 1. The molecule has 3 aromatic carbocycles. The van der Waals surface area contributed by atoms with Crippen LogP contribution < -0.4 is 20.9 Å². The number of hydrogen-bond donors (Lipinski definition) is 4. The second-order valence-corrected chi connectivity index (χ2v) is 39.3. The summed E-state index contributed by atoms with van der Waals surface area (Å²) in [5.74, 6) is 3.42. The Hall–Kier alpha value is -6.38. The van der Waals surface area contributed by atoms with E-state index in [0.29, 0.717) is 67.2 Å². The van der Waals surface area contributed by atoms with Crippen LogP contribution in [0.1, 0.15) is 209 Å². The highest BCUT2D eigenvalue weighted by molar-refractivity contribution is 7.89. The Morgan fingerprint density at radius 2 is 0.800 bits per heavy atom. The van der Waals surface area contributed by atoms with Crippen molar-refractivity contribution in [3.05, 3.63) is 197 Å². The maximum absolute atomic E-state index is 12.4. The summed E-state index contributed by atoms with van der Waals surface area (Å²) < 4.78 is 67.5. The minimum atomic E-state index is -3.45. The standard InChI is InChI=1S/2C30H37N3O3S.C28H29NO2/c2*1-28-10-8-24-17-23-4-5-25(33-14-15-37(31,34)35)18-29(23)11-12-30(24,36-29)27(28)7-6-26(28)21-3-2-20-9-13-32-19-22(20)16-21;1-26-10-8-22-15-21-4-5-23(30)16-27(21)11-12-28(22,31-27)25(26)7-6-24(26)19-3-2-18-9-13-29-17-20(18)14-19/h2*2-3,8-9,13,16-17,19,25-27,33H,4-7,10-12,14-15,18H2,1H3,(H2,31,34,35);2-3,8-9,13-15,17,24-25H,4-7,10-12,16H2,1H3/t25-,26+,27+,28+,29+,30?;25-,26-,27-,28-,29-,30?;24-,25-,26-,27-,28?/m011/s1. The van der Waals surface area contributed by atoms with Gasteiger partial charge in [0.2, 0.25) is 20.0 Å². The predicted molar refractivity (Wildman–Crippen MR) is 412 cm³/mol. The van der Waals surface area contributed by atoms with Gasteiger partial charge in [0.25, 0.3) is 0 Å². The van der Waals surface area contributed by atoms with E-state index >= 15 is 0 Å². The number of aromatic nitrogens is 3. The summed E-state index contributed by atoms with van der Waals surface area (Å²) in [7, 11) is -6.90. The zero-order valence-electron chi connectivity index (χ0n) is 61.4. The number of sulfonamides is 2. The molecule has 9 fully saturated rings. The normalized spacial score (nSPS) is 39.2. The van der Waals surface area contributed by atoms with Crippen LogP contribution in [0.4, 0.5) is 0 Å². The number of benzene rings is 3. The summed E-state index contributed by atoms with van der Waals surface area (Å²) in [6.07, 6.45) is 51.5. The van der Waals surface area contributed by atoms with E-state index in [4.69, 9.17) is 24.5 Å². The highest BCUT2D eigenvalue weighted by Gasteiger charge is 2.70. The van der Waals surface area contributed by atoms with Crippen LogP contribution in [0.2, 0.25) is 0 Å². The van der Waals surface area contributed by atoms with Gasteiger partial charge in [0.05, 0.1) is 45.1 Å². The van der Waals surface area contributed by atoms with Crippen LogP contribution in [0.25, 0.3) is 32.3 Å². The molecule has 3 saturated heterocycles. The fraction of sp³-hybridized carbons (Fsp3) is 0.545. The number of nitrogens with zero attached hydrogens (tertiary/aromatic N) is 3. The van der Waals surface area contributed by atoms with Gasteiger partial charge in [-0.1, -0.05) is 93.6 Å². The number of nitrogens with one attached hydrogen (secondary N) is 2. The van der Waals surface area contributed by atoms with E-state index in [1.807, 2.05) is 37.2 Å². The number of carbonyl (C=O) groups is 1. The van der Waals surface area contributed by atoms with Crippen LogP contribution in [0, 0.1) is 34.0 Å². The van der Waals surface area contributed by atoms with Crippen LogP contribution in [0.15, 0.2) is 180 Å². The summed E-state index contributed by atoms with van der Waals surface area (Å²) >= 11 is 0. The van der Waals surface area contributed by atoms with Crippen molar-refractivity contribution in [2.75, 3.05) is 24.6 Å². The number of ketones is 1. The molecule has 17 heteroatoms. The van der Waals surface area contributed by atoms with Crippen LogP contribution in [-0.2, 0) is 39.1 Å². The molecule has 550 valence electrons.